The maximum Gasteiger partial charge on any atom is 0.500 e. The molecule has 1 unspecified atom stereocenters. The maximum atomic E-state index is 12.0. The van der Waals surface area contributed by atoms with E-state index >= 15 is 0 Å². The number of rotatable bonds is 5. The Bertz CT molecular complexity index is 581. The highest BCUT2D eigenvalue weighted by atomic mass is 32.1. The van der Waals surface area contributed by atoms with Crippen LogP contribution in [0.15, 0.2) is 17.5 Å². The highest BCUT2D eigenvalue weighted by Crippen LogP contribution is 2.16. The summed E-state index contributed by atoms with van der Waals surface area (Å²) in [4.78, 5) is 36.6. The van der Waals surface area contributed by atoms with Crippen molar-refractivity contribution in [3.63, 3.8) is 0 Å². The van der Waals surface area contributed by atoms with E-state index in [1.54, 1.807) is 0 Å². The molecule has 3 N–H and O–H groups in total. The van der Waals surface area contributed by atoms with Crippen molar-refractivity contribution in [1.82, 2.24) is 10.2 Å². The largest absolute Gasteiger partial charge is 0.500 e. The quantitative estimate of drug-likeness (QED) is 0.621. The Hall–Kier alpha value is -1.91. The van der Waals surface area contributed by atoms with Crippen LogP contribution in [-0.2, 0) is 25.5 Å². The van der Waals surface area contributed by atoms with Crippen LogP contribution in [0.25, 0.3) is 0 Å². The Balaban J connectivity index is 2.02. The Labute approximate surface area is 137 Å². The van der Waals surface area contributed by atoms with Crippen LogP contribution < -0.4 is 5.32 Å². The van der Waals surface area contributed by atoms with Crippen LogP contribution in [0.2, 0.25) is 0 Å². The topological polar surface area (TPSA) is 116 Å². The van der Waals surface area contributed by atoms with Gasteiger partial charge in [0, 0.05) is 18.3 Å². The fourth-order valence-corrected chi connectivity index (χ4v) is 3.07. The number of carboxylic acids is 1. The molecule has 2 heterocycles. The average molecular weight is 340 g/mol. The molecule has 1 aliphatic heterocycles. The number of carbonyl (C=O) groups excluding carboxylic acids is 2. The molecule has 8 nitrogen and oxygen atoms in total. The first-order valence-electron chi connectivity index (χ1n) is 7.01. The van der Waals surface area contributed by atoms with Crippen molar-refractivity contribution in [3.05, 3.63) is 22.4 Å². The zero-order chi connectivity index (χ0) is 17.0. The summed E-state index contributed by atoms with van der Waals surface area (Å²) in [7, 11) is -1.48. The van der Waals surface area contributed by atoms with Gasteiger partial charge in [-0.05, 0) is 11.4 Å². The summed E-state index contributed by atoms with van der Waals surface area (Å²) in [6.45, 7) is 1.27. The van der Waals surface area contributed by atoms with Gasteiger partial charge in [0.15, 0.2) is 0 Å². The van der Waals surface area contributed by atoms with E-state index in [2.05, 4.69) is 5.32 Å². The van der Waals surface area contributed by atoms with Crippen molar-refractivity contribution in [3.8, 4) is 0 Å². The molecule has 1 aromatic rings. The van der Waals surface area contributed by atoms with Crippen LogP contribution in [0.3, 0.4) is 0 Å². The van der Waals surface area contributed by atoms with Crippen LogP contribution >= 0.6 is 11.3 Å². The monoisotopic (exact) mass is 340 g/mol. The van der Waals surface area contributed by atoms with Gasteiger partial charge in [-0.15, -0.1) is 11.3 Å². The number of thiophene rings is 1. The highest BCUT2D eigenvalue weighted by molar-refractivity contribution is 7.10. The zero-order valence-corrected chi connectivity index (χ0v) is 13.3. The lowest BCUT2D eigenvalue weighted by Gasteiger charge is -2.40. The third-order valence-corrected chi connectivity index (χ3v) is 4.24. The predicted molar refractivity (Wildman–Crippen MR) is 82.4 cm³/mol. The van der Waals surface area contributed by atoms with Gasteiger partial charge in [0.05, 0.1) is 18.9 Å². The number of hydrogen-bond donors (Lipinski definition) is 3. The first-order valence-corrected chi connectivity index (χ1v) is 7.89. The second kappa shape index (κ2) is 7.58. The molecule has 2 atom stereocenters. The van der Waals surface area contributed by atoms with Gasteiger partial charge in [-0.25, -0.2) is 0 Å². The molecule has 1 aromatic heterocycles. The van der Waals surface area contributed by atoms with Gasteiger partial charge in [-0.2, -0.15) is 0 Å². The molecule has 1 fully saturated rings. The Morgan fingerprint density at radius 1 is 1.52 bits per heavy atom. The second-order valence-corrected chi connectivity index (χ2v) is 6.22. The van der Waals surface area contributed by atoms with Crippen molar-refractivity contribution < 1.29 is 29.2 Å². The van der Waals surface area contributed by atoms with Crippen LogP contribution in [0, 0.1) is 0 Å². The van der Waals surface area contributed by atoms with E-state index in [-0.39, 0.29) is 31.2 Å². The minimum absolute atomic E-state index is 0.0113. The molecule has 1 aliphatic rings. The lowest BCUT2D eigenvalue weighted by Crippen LogP contribution is -2.66. The first kappa shape index (κ1) is 17.4. The predicted octanol–water partition coefficient (Wildman–Crippen LogP) is -0.525. The number of carboxylic acid groups (broad SMARTS) is 1. The fourth-order valence-electron chi connectivity index (χ4n) is 2.37. The summed E-state index contributed by atoms with van der Waals surface area (Å²) in [5.41, 5.74) is 0. The third kappa shape index (κ3) is 4.78. The molecule has 0 bridgehead atoms. The van der Waals surface area contributed by atoms with Gasteiger partial charge in [0.1, 0.15) is 6.07 Å². The van der Waals surface area contributed by atoms with Gasteiger partial charge in [-0.3, -0.25) is 14.4 Å². The molecule has 1 saturated heterocycles. The summed E-state index contributed by atoms with van der Waals surface area (Å²) >= 11 is 1.43. The fraction of sp³-hybridized carbons (Fsp3) is 0.462. The molecule has 0 saturated carbocycles. The highest BCUT2D eigenvalue weighted by Gasteiger charge is 2.43. The van der Waals surface area contributed by atoms with Crippen molar-refractivity contribution >= 4 is 36.2 Å². The van der Waals surface area contributed by atoms with Crippen LogP contribution in [0.4, 0.5) is 0 Å². The number of nitrogens with zero attached hydrogens (tertiary/aromatic N) is 1. The van der Waals surface area contributed by atoms with E-state index in [4.69, 9.17) is 9.76 Å². The Kier molecular flexibility index (Phi) is 5.75. The SMILES string of the molecule is CC(=O)N1CC(CC(=O)O)OB(O)[C@H]1NC(=O)Cc1cccs1. The van der Waals surface area contributed by atoms with E-state index in [9.17, 15) is 19.4 Å². The maximum absolute atomic E-state index is 12.0. The number of nitrogens with one attached hydrogen (secondary N) is 1. The third-order valence-electron chi connectivity index (χ3n) is 3.37. The number of hydrogen-bond acceptors (Lipinski definition) is 6. The summed E-state index contributed by atoms with van der Waals surface area (Å²) in [6.07, 6.45) is -1.03. The van der Waals surface area contributed by atoms with Crippen LogP contribution in [0.5, 0.6) is 0 Å². The summed E-state index contributed by atoms with van der Waals surface area (Å²) in [6, 6.07) is 2.60. The number of amides is 2. The molecular formula is C13H17BN2O6S. The molecule has 2 amide bonds. The lowest BCUT2D eigenvalue weighted by atomic mass is 9.80. The second-order valence-electron chi connectivity index (χ2n) is 5.19. The molecule has 2 rings (SSSR count). The van der Waals surface area contributed by atoms with Crippen molar-refractivity contribution in [2.75, 3.05) is 6.54 Å². The summed E-state index contributed by atoms with van der Waals surface area (Å²) in [5, 5.41) is 23.2. The molecule has 0 spiro atoms. The summed E-state index contributed by atoms with van der Waals surface area (Å²) < 4.78 is 5.19. The molecular weight excluding hydrogens is 323 g/mol. The van der Waals surface area contributed by atoms with E-state index in [1.165, 1.54) is 23.2 Å². The van der Waals surface area contributed by atoms with Crippen LogP contribution in [0.1, 0.15) is 18.2 Å². The van der Waals surface area contributed by atoms with E-state index in [0.717, 1.165) is 4.88 Å². The van der Waals surface area contributed by atoms with E-state index in [0.29, 0.717) is 0 Å². The Morgan fingerprint density at radius 3 is 2.83 bits per heavy atom. The Morgan fingerprint density at radius 2 is 2.26 bits per heavy atom. The zero-order valence-electron chi connectivity index (χ0n) is 12.5. The molecule has 0 radical (unpaired) electrons. The van der Waals surface area contributed by atoms with Gasteiger partial charge >= 0.3 is 13.1 Å². The molecule has 0 aromatic carbocycles. The number of carbonyl (C=O) groups is 3. The van der Waals surface area contributed by atoms with Crippen LogP contribution in [-0.4, -0.2) is 58.6 Å². The van der Waals surface area contributed by atoms with Crippen molar-refractivity contribution in [2.24, 2.45) is 0 Å². The minimum Gasteiger partial charge on any atom is -0.481 e. The molecule has 23 heavy (non-hydrogen) atoms. The van der Waals surface area contributed by atoms with E-state index in [1.807, 2.05) is 17.5 Å². The molecule has 124 valence electrons. The minimum atomic E-state index is -1.48. The van der Waals surface area contributed by atoms with E-state index < -0.39 is 25.3 Å². The van der Waals surface area contributed by atoms with Crippen molar-refractivity contribution in [2.45, 2.75) is 31.9 Å². The summed E-state index contributed by atoms with van der Waals surface area (Å²) in [5.74, 6) is -1.84. The van der Waals surface area contributed by atoms with Gasteiger partial charge < -0.3 is 25.0 Å². The van der Waals surface area contributed by atoms with Crippen molar-refractivity contribution in [1.29, 1.82) is 0 Å². The van der Waals surface area contributed by atoms with Gasteiger partial charge in [-0.1, -0.05) is 6.07 Å². The first-order chi connectivity index (χ1) is 10.9. The van der Waals surface area contributed by atoms with Gasteiger partial charge in [0.25, 0.3) is 0 Å². The smallest absolute Gasteiger partial charge is 0.481 e. The number of aliphatic carboxylic acids is 1. The molecule has 10 heteroatoms. The van der Waals surface area contributed by atoms with Gasteiger partial charge in [0.2, 0.25) is 11.8 Å². The normalized spacial score (nSPS) is 21.1. The average Bonchev–Trinajstić information content (AvgIpc) is 2.93. The molecule has 0 aliphatic carbocycles. The standard InChI is InChI=1S/C13H17BN2O6S/c1-8(17)16-7-9(5-12(19)20)22-14(21)13(16)15-11(18)6-10-3-2-4-23-10/h2-4,9,13,21H,5-7H2,1H3,(H,15,18)(H,19,20)/t9?,13-/m0/s1. The lowest BCUT2D eigenvalue weighted by molar-refractivity contribution is -0.144.